The van der Waals surface area contributed by atoms with Crippen molar-refractivity contribution in [2.75, 3.05) is 25.2 Å². The third kappa shape index (κ3) is 2.69. The Morgan fingerprint density at radius 2 is 2.31 bits per heavy atom. The lowest BCUT2D eigenvalue weighted by Gasteiger charge is -2.26. The predicted octanol–water partition coefficient (Wildman–Crippen LogP) is 0.928. The van der Waals surface area contributed by atoms with Crippen LogP contribution in [0.2, 0.25) is 0 Å². The van der Waals surface area contributed by atoms with Crippen molar-refractivity contribution < 1.29 is 10.2 Å². The van der Waals surface area contributed by atoms with Gasteiger partial charge in [0.2, 0.25) is 0 Å². The topological polar surface area (TPSA) is 43.7 Å². The summed E-state index contributed by atoms with van der Waals surface area (Å²) in [7, 11) is 1.93. The molecular formula is C9H15NO2S. The second kappa shape index (κ2) is 5.21. The lowest BCUT2D eigenvalue weighted by molar-refractivity contribution is 0.218. The van der Waals surface area contributed by atoms with E-state index in [2.05, 4.69) is 0 Å². The number of likely N-dealkylation sites (N-methyl/N-ethyl adjacent to an activating group) is 1. The summed E-state index contributed by atoms with van der Waals surface area (Å²) in [5.41, 5.74) is 0. The lowest BCUT2D eigenvalue weighted by Crippen LogP contribution is -2.34. The highest BCUT2D eigenvalue weighted by Crippen LogP contribution is 2.22. The van der Waals surface area contributed by atoms with Crippen LogP contribution in [0.1, 0.15) is 6.42 Å². The van der Waals surface area contributed by atoms with Crippen LogP contribution in [-0.2, 0) is 0 Å². The Balaban J connectivity index is 2.58. The van der Waals surface area contributed by atoms with E-state index in [-0.39, 0.29) is 19.3 Å². The van der Waals surface area contributed by atoms with Gasteiger partial charge in [0.15, 0.2) is 0 Å². The highest BCUT2D eigenvalue weighted by Gasteiger charge is 2.13. The number of hydrogen-bond acceptors (Lipinski definition) is 4. The average Bonchev–Trinajstić information content (AvgIpc) is 2.65. The SMILES string of the molecule is CN(c1cccs1)C(CO)CCO. The van der Waals surface area contributed by atoms with E-state index in [0.717, 1.165) is 5.00 Å². The summed E-state index contributed by atoms with van der Waals surface area (Å²) < 4.78 is 0. The molecule has 1 aromatic heterocycles. The summed E-state index contributed by atoms with van der Waals surface area (Å²) >= 11 is 1.63. The molecule has 1 heterocycles. The van der Waals surface area contributed by atoms with E-state index in [0.29, 0.717) is 6.42 Å². The highest BCUT2D eigenvalue weighted by atomic mass is 32.1. The number of aliphatic hydroxyl groups is 2. The molecule has 1 unspecified atom stereocenters. The van der Waals surface area contributed by atoms with Gasteiger partial charge in [-0.1, -0.05) is 0 Å². The van der Waals surface area contributed by atoms with Crippen LogP contribution in [0.15, 0.2) is 17.5 Å². The van der Waals surface area contributed by atoms with E-state index in [1.165, 1.54) is 0 Å². The maximum Gasteiger partial charge on any atom is 0.0909 e. The van der Waals surface area contributed by atoms with Gasteiger partial charge >= 0.3 is 0 Å². The standard InChI is InChI=1S/C9H15NO2S/c1-10(8(7-12)4-5-11)9-3-2-6-13-9/h2-3,6,8,11-12H,4-5,7H2,1H3. The molecule has 0 aliphatic carbocycles. The largest absolute Gasteiger partial charge is 0.396 e. The number of aliphatic hydroxyl groups excluding tert-OH is 2. The molecule has 3 nitrogen and oxygen atoms in total. The first-order valence-electron chi connectivity index (χ1n) is 4.27. The lowest BCUT2D eigenvalue weighted by atomic mass is 10.2. The Morgan fingerprint density at radius 1 is 1.54 bits per heavy atom. The number of anilines is 1. The molecule has 1 aromatic rings. The third-order valence-corrected chi connectivity index (χ3v) is 3.03. The molecule has 0 saturated heterocycles. The van der Waals surface area contributed by atoms with Gasteiger partial charge in [-0.3, -0.25) is 0 Å². The Kier molecular flexibility index (Phi) is 4.21. The summed E-state index contributed by atoms with van der Waals surface area (Å²) in [6.07, 6.45) is 0.602. The molecular weight excluding hydrogens is 186 g/mol. The van der Waals surface area contributed by atoms with Crippen LogP contribution >= 0.6 is 11.3 Å². The van der Waals surface area contributed by atoms with Gasteiger partial charge in [0.25, 0.3) is 0 Å². The van der Waals surface area contributed by atoms with E-state index < -0.39 is 0 Å². The van der Waals surface area contributed by atoms with Crippen molar-refractivity contribution in [2.45, 2.75) is 12.5 Å². The summed E-state index contributed by atoms with van der Waals surface area (Å²) in [5, 5.41) is 21.0. The fraction of sp³-hybridized carbons (Fsp3) is 0.556. The van der Waals surface area contributed by atoms with E-state index >= 15 is 0 Å². The van der Waals surface area contributed by atoms with Crippen LogP contribution in [0, 0.1) is 0 Å². The van der Waals surface area contributed by atoms with Crippen LogP contribution in [-0.4, -0.2) is 36.5 Å². The first kappa shape index (κ1) is 10.5. The van der Waals surface area contributed by atoms with Crippen molar-refractivity contribution in [2.24, 2.45) is 0 Å². The molecule has 0 aliphatic heterocycles. The Bertz CT molecular complexity index is 226. The van der Waals surface area contributed by atoms with E-state index in [1.54, 1.807) is 11.3 Å². The molecule has 74 valence electrons. The Morgan fingerprint density at radius 3 is 2.77 bits per heavy atom. The summed E-state index contributed by atoms with van der Waals surface area (Å²) in [4.78, 5) is 2.00. The van der Waals surface area contributed by atoms with Crippen LogP contribution in [0.5, 0.6) is 0 Å². The molecule has 4 heteroatoms. The van der Waals surface area contributed by atoms with Crippen molar-refractivity contribution in [1.29, 1.82) is 0 Å². The number of rotatable bonds is 5. The zero-order chi connectivity index (χ0) is 9.68. The number of hydrogen-bond donors (Lipinski definition) is 2. The summed E-state index contributed by atoms with van der Waals surface area (Å²) in [6.45, 7) is 0.190. The van der Waals surface area contributed by atoms with Crippen LogP contribution < -0.4 is 4.90 Å². The van der Waals surface area contributed by atoms with Crippen molar-refractivity contribution in [1.82, 2.24) is 0 Å². The second-order valence-electron chi connectivity index (χ2n) is 2.91. The first-order chi connectivity index (χ1) is 6.29. The van der Waals surface area contributed by atoms with Gasteiger partial charge in [-0.05, 0) is 23.9 Å². The minimum Gasteiger partial charge on any atom is -0.396 e. The van der Waals surface area contributed by atoms with Gasteiger partial charge in [0.05, 0.1) is 17.6 Å². The molecule has 0 fully saturated rings. The minimum absolute atomic E-state index is 0.0173. The quantitative estimate of drug-likeness (QED) is 0.744. The van der Waals surface area contributed by atoms with E-state index in [9.17, 15) is 0 Å². The van der Waals surface area contributed by atoms with Gasteiger partial charge in [-0.25, -0.2) is 0 Å². The van der Waals surface area contributed by atoms with Gasteiger partial charge in [0, 0.05) is 13.7 Å². The monoisotopic (exact) mass is 201 g/mol. The molecule has 0 aromatic carbocycles. The number of nitrogens with zero attached hydrogens (tertiary/aromatic N) is 1. The Hall–Kier alpha value is -0.580. The molecule has 0 spiro atoms. The molecule has 1 rings (SSSR count). The van der Waals surface area contributed by atoms with Gasteiger partial charge < -0.3 is 15.1 Å². The van der Waals surface area contributed by atoms with Crippen molar-refractivity contribution >= 4 is 16.3 Å². The maximum absolute atomic E-state index is 9.08. The maximum atomic E-state index is 9.08. The zero-order valence-corrected chi connectivity index (χ0v) is 8.50. The summed E-state index contributed by atoms with van der Waals surface area (Å²) in [6, 6.07) is 4.00. The second-order valence-corrected chi connectivity index (χ2v) is 3.84. The highest BCUT2D eigenvalue weighted by molar-refractivity contribution is 7.14. The molecule has 13 heavy (non-hydrogen) atoms. The Labute approximate surface area is 82.2 Å². The number of thiophene rings is 1. The average molecular weight is 201 g/mol. The van der Waals surface area contributed by atoms with Crippen LogP contribution in [0.4, 0.5) is 5.00 Å². The normalized spacial score (nSPS) is 12.8. The van der Waals surface area contributed by atoms with E-state index in [4.69, 9.17) is 10.2 Å². The summed E-state index contributed by atoms with van der Waals surface area (Å²) in [5.74, 6) is 0. The molecule has 2 N–H and O–H groups in total. The molecule has 0 radical (unpaired) electrons. The van der Waals surface area contributed by atoms with Crippen molar-refractivity contribution in [3.8, 4) is 0 Å². The molecule has 0 aliphatic rings. The third-order valence-electron chi connectivity index (χ3n) is 2.07. The van der Waals surface area contributed by atoms with Crippen molar-refractivity contribution in [3.05, 3.63) is 17.5 Å². The molecule has 0 saturated carbocycles. The predicted molar refractivity (Wildman–Crippen MR) is 55.3 cm³/mol. The van der Waals surface area contributed by atoms with Crippen LogP contribution in [0.3, 0.4) is 0 Å². The first-order valence-corrected chi connectivity index (χ1v) is 5.15. The molecule has 0 bridgehead atoms. The van der Waals surface area contributed by atoms with Gasteiger partial charge in [0.1, 0.15) is 0 Å². The van der Waals surface area contributed by atoms with Gasteiger partial charge in [-0.15, -0.1) is 11.3 Å². The van der Waals surface area contributed by atoms with E-state index in [1.807, 2.05) is 29.5 Å². The fourth-order valence-corrected chi connectivity index (χ4v) is 1.98. The van der Waals surface area contributed by atoms with Crippen molar-refractivity contribution in [3.63, 3.8) is 0 Å². The molecule has 1 atom stereocenters. The minimum atomic E-state index is 0.0173. The van der Waals surface area contributed by atoms with Crippen LogP contribution in [0.25, 0.3) is 0 Å². The molecule has 0 amide bonds. The zero-order valence-electron chi connectivity index (χ0n) is 7.68. The fourth-order valence-electron chi connectivity index (χ4n) is 1.21. The smallest absolute Gasteiger partial charge is 0.0909 e. The van der Waals surface area contributed by atoms with Gasteiger partial charge in [-0.2, -0.15) is 0 Å².